The van der Waals surface area contributed by atoms with Crippen molar-refractivity contribution in [1.29, 1.82) is 0 Å². The zero-order chi connectivity index (χ0) is 22.3. The fraction of sp³-hybridized carbons (Fsp3) is 0.450. The molecule has 0 spiro atoms. The second kappa shape index (κ2) is 10.3. The molecule has 6 nitrogen and oxygen atoms in total. The largest absolute Gasteiger partial charge is 0.483 e. The lowest BCUT2D eigenvalue weighted by atomic mass is 9.97. The average Bonchev–Trinajstić information content (AvgIpc) is 2.68. The zero-order valence-electron chi connectivity index (χ0n) is 16.7. The second-order valence-electron chi connectivity index (χ2n) is 7.12. The number of hydrogen-bond acceptors (Lipinski definition) is 5. The summed E-state index contributed by atoms with van der Waals surface area (Å²) in [5.74, 6) is 0.0585. The summed E-state index contributed by atoms with van der Waals surface area (Å²) in [6, 6.07) is 2.49. The van der Waals surface area contributed by atoms with Crippen molar-refractivity contribution < 1.29 is 27.5 Å². The summed E-state index contributed by atoms with van der Waals surface area (Å²) in [5.41, 5.74) is -0.0679. The van der Waals surface area contributed by atoms with Gasteiger partial charge in [0.15, 0.2) is 0 Å². The summed E-state index contributed by atoms with van der Waals surface area (Å²) in [6.07, 6.45) is -0.910. The van der Waals surface area contributed by atoms with E-state index >= 15 is 0 Å². The molecule has 10 heteroatoms. The molecule has 0 unspecified atom stereocenters. The lowest BCUT2D eigenvalue weighted by molar-refractivity contribution is -0.137. The van der Waals surface area contributed by atoms with Crippen LogP contribution in [0.3, 0.4) is 0 Å². The molecule has 0 radical (unpaired) electrons. The van der Waals surface area contributed by atoms with Crippen LogP contribution in [0.5, 0.6) is 0 Å². The number of carboxylic acid groups (broad SMARTS) is 1. The molecule has 2 heterocycles. The second-order valence-corrected chi connectivity index (χ2v) is 7.12. The first kappa shape index (κ1) is 23.5. The Morgan fingerprint density at radius 3 is 2.43 bits per heavy atom. The highest BCUT2D eigenvalue weighted by molar-refractivity contribution is 5.66. The SMILES string of the molecule is Cc1nc(NCC2CCN(C)CC2)ncc1-c1ccc(C(F)(F)F)cc1F.O=CO. The Balaban J connectivity index is 0.00000101. The van der Waals surface area contributed by atoms with Crippen LogP contribution in [0.2, 0.25) is 0 Å². The number of anilines is 1. The van der Waals surface area contributed by atoms with Crippen LogP contribution in [-0.4, -0.2) is 53.1 Å². The molecule has 0 aliphatic carbocycles. The fourth-order valence-electron chi connectivity index (χ4n) is 3.23. The van der Waals surface area contributed by atoms with Crippen molar-refractivity contribution in [2.45, 2.75) is 25.9 Å². The third-order valence-corrected chi connectivity index (χ3v) is 4.95. The minimum atomic E-state index is -4.58. The number of benzene rings is 1. The Hall–Kier alpha value is -2.75. The number of piperidine rings is 1. The van der Waals surface area contributed by atoms with Gasteiger partial charge in [0.2, 0.25) is 5.95 Å². The van der Waals surface area contributed by atoms with Gasteiger partial charge in [-0.15, -0.1) is 0 Å². The first-order valence-corrected chi connectivity index (χ1v) is 9.36. The third kappa shape index (κ3) is 6.38. The minimum Gasteiger partial charge on any atom is -0.483 e. The smallest absolute Gasteiger partial charge is 0.416 e. The molecule has 0 atom stereocenters. The van der Waals surface area contributed by atoms with Gasteiger partial charge in [0, 0.05) is 23.9 Å². The summed E-state index contributed by atoms with van der Waals surface area (Å²) in [5, 5.41) is 10.1. The summed E-state index contributed by atoms with van der Waals surface area (Å²) in [6.45, 7) is 4.34. The maximum absolute atomic E-state index is 14.2. The number of carbonyl (C=O) groups is 1. The van der Waals surface area contributed by atoms with Gasteiger partial charge in [0.1, 0.15) is 5.82 Å². The van der Waals surface area contributed by atoms with Gasteiger partial charge >= 0.3 is 6.18 Å². The van der Waals surface area contributed by atoms with E-state index in [2.05, 4.69) is 27.2 Å². The van der Waals surface area contributed by atoms with Gasteiger partial charge in [-0.2, -0.15) is 13.2 Å². The lowest BCUT2D eigenvalue weighted by Crippen LogP contribution is -2.33. The van der Waals surface area contributed by atoms with Gasteiger partial charge in [0.05, 0.1) is 11.3 Å². The third-order valence-electron chi connectivity index (χ3n) is 4.95. The Labute approximate surface area is 172 Å². The van der Waals surface area contributed by atoms with E-state index < -0.39 is 17.6 Å². The van der Waals surface area contributed by atoms with Crippen molar-refractivity contribution >= 4 is 12.4 Å². The molecule has 30 heavy (non-hydrogen) atoms. The summed E-state index contributed by atoms with van der Waals surface area (Å²) in [7, 11) is 2.11. The van der Waals surface area contributed by atoms with Gasteiger partial charge in [-0.25, -0.2) is 14.4 Å². The summed E-state index contributed by atoms with van der Waals surface area (Å²) >= 11 is 0. The van der Waals surface area contributed by atoms with E-state index in [0.717, 1.165) is 44.6 Å². The van der Waals surface area contributed by atoms with Crippen molar-refractivity contribution in [3.63, 3.8) is 0 Å². The molecule has 1 fully saturated rings. The highest BCUT2D eigenvalue weighted by Gasteiger charge is 2.31. The molecule has 3 rings (SSSR count). The molecule has 1 aliphatic rings. The molecule has 164 valence electrons. The molecule has 2 N–H and O–H groups in total. The van der Waals surface area contributed by atoms with Crippen molar-refractivity contribution in [3.8, 4) is 11.1 Å². The predicted octanol–water partition coefficient (Wildman–Crippen LogP) is 4.06. The topological polar surface area (TPSA) is 78.4 Å². The molecule has 0 saturated carbocycles. The van der Waals surface area contributed by atoms with E-state index in [1.807, 2.05) is 0 Å². The first-order valence-electron chi connectivity index (χ1n) is 9.36. The normalized spacial score (nSPS) is 15.3. The Morgan fingerprint density at radius 1 is 1.27 bits per heavy atom. The number of rotatable bonds is 4. The minimum absolute atomic E-state index is 0.0577. The van der Waals surface area contributed by atoms with Gasteiger partial charge in [-0.05, 0) is 58.0 Å². The molecule has 1 aliphatic heterocycles. The molecular weight excluding hydrogens is 404 g/mol. The van der Waals surface area contributed by atoms with Gasteiger partial charge in [-0.3, -0.25) is 4.79 Å². The Morgan fingerprint density at radius 2 is 1.90 bits per heavy atom. The Kier molecular flexibility index (Phi) is 8.10. The van der Waals surface area contributed by atoms with E-state index in [1.165, 1.54) is 6.20 Å². The van der Waals surface area contributed by atoms with E-state index in [0.29, 0.717) is 29.2 Å². The number of halogens is 4. The highest BCUT2D eigenvalue weighted by Crippen LogP contribution is 2.33. The molecule has 1 aromatic carbocycles. The van der Waals surface area contributed by atoms with Crippen LogP contribution >= 0.6 is 0 Å². The highest BCUT2D eigenvalue weighted by atomic mass is 19.4. The molecular formula is C20H24F4N4O2. The summed E-state index contributed by atoms with van der Waals surface area (Å²) < 4.78 is 52.3. The van der Waals surface area contributed by atoms with E-state index in [1.54, 1.807) is 6.92 Å². The van der Waals surface area contributed by atoms with Crippen LogP contribution in [0, 0.1) is 18.7 Å². The first-order chi connectivity index (χ1) is 14.2. The van der Waals surface area contributed by atoms with Crippen molar-refractivity contribution in [1.82, 2.24) is 14.9 Å². The number of aromatic nitrogens is 2. The number of aryl methyl sites for hydroxylation is 1. The van der Waals surface area contributed by atoms with Crippen LogP contribution in [0.15, 0.2) is 24.4 Å². The standard InChI is InChI=1S/C19H22F4N4.CH2O2/c1-12-16(15-4-3-14(9-17(15)20)19(21,22)23)11-25-18(26-12)24-10-13-5-7-27(2)8-6-13;2-1-3/h3-4,9,11,13H,5-8,10H2,1-2H3,(H,24,25,26);1H,(H,2,3). The predicted molar refractivity (Wildman–Crippen MR) is 105 cm³/mol. The van der Waals surface area contributed by atoms with Crippen LogP contribution in [0.25, 0.3) is 11.1 Å². The number of nitrogens with one attached hydrogen (secondary N) is 1. The molecule has 2 aromatic rings. The van der Waals surface area contributed by atoms with E-state index in [-0.39, 0.29) is 12.0 Å². The van der Waals surface area contributed by atoms with Crippen molar-refractivity contribution in [2.24, 2.45) is 5.92 Å². The number of hydrogen-bond donors (Lipinski definition) is 2. The van der Waals surface area contributed by atoms with Crippen LogP contribution in [0.4, 0.5) is 23.5 Å². The van der Waals surface area contributed by atoms with E-state index in [4.69, 9.17) is 9.90 Å². The quantitative estimate of drug-likeness (QED) is 0.565. The molecule has 1 aromatic heterocycles. The van der Waals surface area contributed by atoms with Gasteiger partial charge in [-0.1, -0.05) is 6.07 Å². The maximum Gasteiger partial charge on any atom is 0.416 e. The average molecular weight is 428 g/mol. The van der Waals surface area contributed by atoms with Crippen LogP contribution in [-0.2, 0) is 11.0 Å². The Bertz CT molecular complexity index is 853. The van der Waals surface area contributed by atoms with Crippen LogP contribution < -0.4 is 5.32 Å². The van der Waals surface area contributed by atoms with Crippen LogP contribution in [0.1, 0.15) is 24.1 Å². The fourth-order valence-corrected chi connectivity index (χ4v) is 3.23. The zero-order valence-corrected chi connectivity index (χ0v) is 16.7. The molecule has 1 saturated heterocycles. The monoisotopic (exact) mass is 428 g/mol. The lowest BCUT2D eigenvalue weighted by Gasteiger charge is -2.28. The number of nitrogens with zero attached hydrogens (tertiary/aromatic N) is 3. The summed E-state index contributed by atoms with van der Waals surface area (Å²) in [4.78, 5) is 19.2. The molecule has 0 bridgehead atoms. The molecule has 0 amide bonds. The van der Waals surface area contributed by atoms with E-state index in [9.17, 15) is 17.6 Å². The van der Waals surface area contributed by atoms with Gasteiger partial charge < -0.3 is 15.3 Å². The maximum atomic E-state index is 14.2. The van der Waals surface area contributed by atoms with Crippen molar-refractivity contribution in [3.05, 3.63) is 41.5 Å². The number of alkyl halides is 3. The van der Waals surface area contributed by atoms with Gasteiger partial charge in [0.25, 0.3) is 6.47 Å². The number of likely N-dealkylation sites (tertiary alicyclic amines) is 1. The van der Waals surface area contributed by atoms with Crippen molar-refractivity contribution in [2.75, 3.05) is 32.0 Å².